The average Bonchev–Trinajstić information content (AvgIpc) is 3.20. The largest absolute Gasteiger partial charge is 0.384 e. The maximum Gasteiger partial charge on any atom is 0.253 e. The van der Waals surface area contributed by atoms with Gasteiger partial charge in [-0.25, -0.2) is 0 Å². The minimum absolute atomic E-state index is 0.117. The van der Waals surface area contributed by atoms with Gasteiger partial charge in [-0.05, 0) is 25.3 Å². The van der Waals surface area contributed by atoms with Crippen molar-refractivity contribution < 1.29 is 9.90 Å². The minimum Gasteiger partial charge on any atom is -0.384 e. The number of nitrogens with one attached hydrogen (secondary N) is 1. The molecule has 1 aliphatic carbocycles. The van der Waals surface area contributed by atoms with Crippen molar-refractivity contribution in [1.29, 1.82) is 0 Å². The van der Waals surface area contributed by atoms with E-state index in [9.17, 15) is 4.79 Å². The number of aromatic nitrogens is 1. The summed E-state index contributed by atoms with van der Waals surface area (Å²) < 4.78 is 0. The quantitative estimate of drug-likeness (QED) is 0.801. The van der Waals surface area contributed by atoms with Gasteiger partial charge in [0, 0.05) is 24.0 Å². The molecule has 2 N–H and O–H groups in total. The molecule has 19 heavy (non-hydrogen) atoms. The van der Waals surface area contributed by atoms with Crippen LogP contribution >= 0.6 is 0 Å². The Kier molecular flexibility index (Phi) is 4.53. The molecule has 0 aromatic carbocycles. The zero-order chi connectivity index (χ0) is 13.7. The Hall–Kier alpha value is -1.86. The van der Waals surface area contributed by atoms with Gasteiger partial charge in [0.15, 0.2) is 0 Å². The lowest BCUT2D eigenvalue weighted by molar-refractivity contribution is 0.0937. The number of carbonyl (C=O) groups excluding carboxylic acids is 1. The summed E-state index contributed by atoms with van der Waals surface area (Å²) in [5, 5.41) is 11.6. The van der Waals surface area contributed by atoms with Gasteiger partial charge in [0.2, 0.25) is 0 Å². The maximum absolute atomic E-state index is 12.0. The van der Waals surface area contributed by atoms with Crippen molar-refractivity contribution >= 4 is 5.91 Å². The van der Waals surface area contributed by atoms with Crippen LogP contribution in [0.4, 0.5) is 0 Å². The summed E-state index contributed by atoms with van der Waals surface area (Å²) in [6, 6.07) is 1.88. The molecule has 0 bridgehead atoms. The van der Waals surface area contributed by atoms with Crippen LogP contribution in [0, 0.1) is 17.8 Å². The van der Waals surface area contributed by atoms with Crippen LogP contribution in [0.2, 0.25) is 0 Å². The van der Waals surface area contributed by atoms with E-state index in [-0.39, 0.29) is 18.6 Å². The van der Waals surface area contributed by atoms with Gasteiger partial charge in [-0.2, -0.15) is 0 Å². The number of amides is 1. The molecule has 1 unspecified atom stereocenters. The Morgan fingerprint density at radius 3 is 3.05 bits per heavy atom. The Bertz CT molecular complexity index is 512. The summed E-state index contributed by atoms with van der Waals surface area (Å²) in [7, 11) is 0. The van der Waals surface area contributed by atoms with Crippen molar-refractivity contribution in [3.05, 3.63) is 29.6 Å². The number of nitrogens with zero attached hydrogens (tertiary/aromatic N) is 1. The van der Waals surface area contributed by atoms with Crippen molar-refractivity contribution in [3.63, 3.8) is 0 Å². The molecule has 1 aromatic rings. The molecule has 4 nitrogen and oxygen atoms in total. The molecule has 1 amide bonds. The van der Waals surface area contributed by atoms with Crippen molar-refractivity contribution in [1.82, 2.24) is 10.3 Å². The van der Waals surface area contributed by atoms with Crippen LogP contribution in [0.5, 0.6) is 0 Å². The molecule has 1 aromatic heterocycles. The number of rotatable bonds is 4. The van der Waals surface area contributed by atoms with Gasteiger partial charge in [-0.1, -0.05) is 24.7 Å². The summed E-state index contributed by atoms with van der Waals surface area (Å²) in [6.07, 6.45) is 6.72. The number of carbonyl (C=O) groups is 1. The van der Waals surface area contributed by atoms with E-state index >= 15 is 0 Å². The minimum atomic E-state index is -0.200. The molecule has 1 fully saturated rings. The maximum atomic E-state index is 12.0. The molecule has 2 rings (SSSR count). The zero-order valence-electron chi connectivity index (χ0n) is 11.0. The van der Waals surface area contributed by atoms with E-state index in [2.05, 4.69) is 22.1 Å². The third kappa shape index (κ3) is 4.38. The molecule has 0 radical (unpaired) electrons. The molecule has 1 saturated carbocycles. The summed E-state index contributed by atoms with van der Waals surface area (Å²) in [4.78, 5) is 16.0. The smallest absolute Gasteiger partial charge is 0.253 e. The van der Waals surface area contributed by atoms with E-state index in [0.29, 0.717) is 11.1 Å². The molecule has 4 heteroatoms. The molecular formula is C15H18N2O2. The van der Waals surface area contributed by atoms with E-state index in [1.165, 1.54) is 19.0 Å². The summed E-state index contributed by atoms with van der Waals surface area (Å²) in [5.41, 5.74) is 1.14. The van der Waals surface area contributed by atoms with Gasteiger partial charge in [-0.15, -0.1) is 0 Å². The molecule has 100 valence electrons. The highest BCUT2D eigenvalue weighted by molar-refractivity contribution is 5.94. The van der Waals surface area contributed by atoms with Crippen LogP contribution in [0.1, 0.15) is 42.1 Å². The average molecular weight is 258 g/mol. The Morgan fingerprint density at radius 2 is 2.37 bits per heavy atom. The first-order valence-electron chi connectivity index (χ1n) is 6.54. The first-order chi connectivity index (χ1) is 9.19. The van der Waals surface area contributed by atoms with E-state index in [0.717, 1.165) is 12.3 Å². The summed E-state index contributed by atoms with van der Waals surface area (Å²) in [6.45, 7) is 1.83. The number of aliphatic hydroxyl groups is 1. The molecule has 1 aliphatic rings. The Balaban J connectivity index is 1.97. The van der Waals surface area contributed by atoms with E-state index in [4.69, 9.17) is 5.11 Å². The monoisotopic (exact) mass is 258 g/mol. The van der Waals surface area contributed by atoms with E-state index < -0.39 is 0 Å². The fourth-order valence-corrected chi connectivity index (χ4v) is 1.99. The third-order valence-corrected chi connectivity index (χ3v) is 3.07. The van der Waals surface area contributed by atoms with E-state index in [1.807, 2.05) is 6.92 Å². The van der Waals surface area contributed by atoms with Gasteiger partial charge >= 0.3 is 0 Å². The Labute approximate surface area is 113 Å². The van der Waals surface area contributed by atoms with Crippen LogP contribution in [-0.2, 0) is 0 Å². The van der Waals surface area contributed by atoms with Gasteiger partial charge in [0.25, 0.3) is 5.91 Å². The van der Waals surface area contributed by atoms with Crippen molar-refractivity contribution in [2.45, 2.75) is 32.2 Å². The van der Waals surface area contributed by atoms with Crippen LogP contribution in [0.3, 0.4) is 0 Å². The lowest BCUT2D eigenvalue weighted by Gasteiger charge is -2.13. The molecule has 0 aliphatic heterocycles. The number of pyridine rings is 1. The standard InChI is InChI=1S/C15H18N2O2/c1-11(7-12-4-5-12)17-15(19)14-8-13(3-2-6-18)9-16-10-14/h8-12,18H,4-7H2,1H3,(H,17,19). The Morgan fingerprint density at radius 1 is 1.58 bits per heavy atom. The number of hydrogen-bond acceptors (Lipinski definition) is 3. The number of aliphatic hydroxyl groups excluding tert-OH is 1. The highest BCUT2D eigenvalue weighted by Crippen LogP contribution is 2.33. The second-order valence-electron chi connectivity index (χ2n) is 4.98. The van der Waals surface area contributed by atoms with Gasteiger partial charge < -0.3 is 10.4 Å². The van der Waals surface area contributed by atoms with Crippen LogP contribution in [0.15, 0.2) is 18.5 Å². The fourth-order valence-electron chi connectivity index (χ4n) is 1.99. The lowest BCUT2D eigenvalue weighted by Crippen LogP contribution is -2.33. The van der Waals surface area contributed by atoms with Gasteiger partial charge in [0.1, 0.15) is 6.61 Å². The highest BCUT2D eigenvalue weighted by Gasteiger charge is 2.24. The van der Waals surface area contributed by atoms with Crippen molar-refractivity contribution in [2.24, 2.45) is 5.92 Å². The van der Waals surface area contributed by atoms with Crippen molar-refractivity contribution in [3.8, 4) is 11.8 Å². The van der Waals surface area contributed by atoms with Gasteiger partial charge in [0.05, 0.1) is 5.56 Å². The fraction of sp³-hybridized carbons (Fsp3) is 0.467. The second-order valence-corrected chi connectivity index (χ2v) is 4.98. The molecular weight excluding hydrogens is 240 g/mol. The van der Waals surface area contributed by atoms with Crippen LogP contribution in [-0.4, -0.2) is 28.6 Å². The predicted octanol–water partition coefficient (Wildman–Crippen LogP) is 1.34. The second kappa shape index (κ2) is 6.35. The van der Waals surface area contributed by atoms with Crippen molar-refractivity contribution in [2.75, 3.05) is 6.61 Å². The molecule has 1 atom stereocenters. The zero-order valence-corrected chi connectivity index (χ0v) is 11.0. The molecule has 1 heterocycles. The topological polar surface area (TPSA) is 62.2 Å². The third-order valence-electron chi connectivity index (χ3n) is 3.07. The predicted molar refractivity (Wildman–Crippen MR) is 72.5 cm³/mol. The highest BCUT2D eigenvalue weighted by atomic mass is 16.2. The van der Waals surface area contributed by atoms with E-state index in [1.54, 1.807) is 12.3 Å². The number of hydrogen-bond donors (Lipinski definition) is 2. The molecule has 0 spiro atoms. The lowest BCUT2D eigenvalue weighted by atomic mass is 10.1. The molecule has 0 saturated heterocycles. The normalized spacial score (nSPS) is 15.3. The first-order valence-corrected chi connectivity index (χ1v) is 6.54. The van der Waals surface area contributed by atoms with Crippen LogP contribution in [0.25, 0.3) is 0 Å². The van der Waals surface area contributed by atoms with Crippen LogP contribution < -0.4 is 5.32 Å². The SMILES string of the molecule is CC(CC1CC1)NC(=O)c1cncc(C#CCO)c1. The summed E-state index contributed by atoms with van der Waals surface area (Å²) >= 11 is 0. The first kappa shape index (κ1) is 13.6. The van der Waals surface area contributed by atoms with Gasteiger partial charge in [-0.3, -0.25) is 9.78 Å². The summed E-state index contributed by atoms with van der Waals surface area (Å²) in [5.74, 6) is 5.95.